The molecular weight excluding hydrogens is 196 g/mol. The molecule has 15 heavy (non-hydrogen) atoms. The fraction of sp³-hybridized carbons (Fsp3) is 0.364. The Morgan fingerprint density at radius 1 is 1.20 bits per heavy atom. The van der Waals surface area contributed by atoms with Gasteiger partial charge in [-0.1, -0.05) is 30.3 Å². The number of hydrogen-bond donors (Lipinski definition) is 1. The fourth-order valence-corrected chi connectivity index (χ4v) is 1.64. The Labute approximate surface area is 87.4 Å². The number of carboxylic acid groups (broad SMARTS) is 1. The number of ether oxygens (including phenoxy) is 2. The van der Waals surface area contributed by atoms with E-state index in [1.54, 1.807) is 0 Å². The maximum atomic E-state index is 10.9. The van der Waals surface area contributed by atoms with Gasteiger partial charge in [0.15, 0.2) is 6.10 Å². The van der Waals surface area contributed by atoms with Crippen LogP contribution < -0.4 is 0 Å². The van der Waals surface area contributed by atoms with Crippen LogP contribution in [0.15, 0.2) is 30.3 Å². The van der Waals surface area contributed by atoms with Crippen LogP contribution in [0.1, 0.15) is 11.7 Å². The largest absolute Gasteiger partial charge is 0.479 e. The van der Waals surface area contributed by atoms with E-state index >= 15 is 0 Å². The maximum absolute atomic E-state index is 10.9. The highest BCUT2D eigenvalue weighted by Crippen LogP contribution is 2.26. The molecule has 0 bridgehead atoms. The van der Waals surface area contributed by atoms with Crippen molar-refractivity contribution in [3.63, 3.8) is 0 Å². The van der Waals surface area contributed by atoms with Crippen molar-refractivity contribution in [1.82, 2.24) is 0 Å². The lowest BCUT2D eigenvalue weighted by Gasteiger charge is -2.29. The van der Waals surface area contributed by atoms with E-state index in [1.807, 2.05) is 30.3 Å². The van der Waals surface area contributed by atoms with Gasteiger partial charge in [0.05, 0.1) is 13.2 Å². The monoisotopic (exact) mass is 208 g/mol. The summed E-state index contributed by atoms with van der Waals surface area (Å²) in [5, 5.41) is 8.96. The molecule has 0 amide bonds. The van der Waals surface area contributed by atoms with Gasteiger partial charge in [-0.3, -0.25) is 0 Å². The average Bonchev–Trinajstić information content (AvgIpc) is 2.30. The van der Waals surface area contributed by atoms with Gasteiger partial charge < -0.3 is 14.6 Å². The lowest BCUT2D eigenvalue weighted by atomic mass is 10.0. The molecular formula is C11H12O4. The highest BCUT2D eigenvalue weighted by molar-refractivity contribution is 5.73. The molecule has 1 aromatic carbocycles. The normalized spacial score (nSPS) is 26.1. The van der Waals surface area contributed by atoms with Crippen LogP contribution in [0.4, 0.5) is 0 Å². The fourth-order valence-electron chi connectivity index (χ4n) is 1.64. The Bertz CT molecular complexity index is 336. The molecule has 0 unspecified atom stereocenters. The summed E-state index contributed by atoms with van der Waals surface area (Å²) in [6, 6.07) is 9.27. The molecule has 1 aliphatic rings. The van der Waals surface area contributed by atoms with Gasteiger partial charge in [-0.2, -0.15) is 0 Å². The summed E-state index contributed by atoms with van der Waals surface area (Å²) in [4.78, 5) is 10.9. The quantitative estimate of drug-likeness (QED) is 0.794. The van der Waals surface area contributed by atoms with E-state index in [9.17, 15) is 4.79 Å². The van der Waals surface area contributed by atoms with Crippen molar-refractivity contribution in [3.8, 4) is 0 Å². The molecule has 1 N–H and O–H groups in total. The summed E-state index contributed by atoms with van der Waals surface area (Å²) in [5.41, 5.74) is 0.838. The Morgan fingerprint density at radius 3 is 2.53 bits per heavy atom. The summed E-state index contributed by atoms with van der Waals surface area (Å²) in [7, 11) is 0. The van der Waals surface area contributed by atoms with E-state index in [2.05, 4.69) is 0 Å². The SMILES string of the molecule is O=C(O)[C@H]1OCCO[C@@H]1c1ccccc1. The molecule has 4 nitrogen and oxygen atoms in total. The molecule has 0 saturated carbocycles. The summed E-state index contributed by atoms with van der Waals surface area (Å²) in [6.07, 6.45) is -1.40. The highest BCUT2D eigenvalue weighted by atomic mass is 16.6. The van der Waals surface area contributed by atoms with Crippen molar-refractivity contribution in [2.75, 3.05) is 13.2 Å². The van der Waals surface area contributed by atoms with Crippen molar-refractivity contribution < 1.29 is 19.4 Å². The predicted octanol–water partition coefficient (Wildman–Crippen LogP) is 1.23. The predicted molar refractivity (Wildman–Crippen MR) is 52.5 cm³/mol. The molecule has 0 radical (unpaired) electrons. The molecule has 2 rings (SSSR count). The van der Waals surface area contributed by atoms with Crippen LogP contribution in [0.2, 0.25) is 0 Å². The first-order valence-electron chi connectivity index (χ1n) is 4.80. The third-order valence-corrected chi connectivity index (χ3v) is 2.32. The van der Waals surface area contributed by atoms with E-state index in [0.717, 1.165) is 5.56 Å². The first-order valence-corrected chi connectivity index (χ1v) is 4.80. The summed E-state index contributed by atoms with van der Waals surface area (Å²) >= 11 is 0. The smallest absolute Gasteiger partial charge is 0.335 e. The lowest BCUT2D eigenvalue weighted by Crippen LogP contribution is -2.38. The van der Waals surface area contributed by atoms with Crippen molar-refractivity contribution in [1.29, 1.82) is 0 Å². The zero-order chi connectivity index (χ0) is 10.7. The van der Waals surface area contributed by atoms with Crippen LogP contribution in [0.3, 0.4) is 0 Å². The molecule has 1 aromatic rings. The molecule has 0 spiro atoms. The van der Waals surface area contributed by atoms with Crippen molar-refractivity contribution in [3.05, 3.63) is 35.9 Å². The number of rotatable bonds is 2. The molecule has 80 valence electrons. The topological polar surface area (TPSA) is 55.8 Å². The van der Waals surface area contributed by atoms with Gasteiger partial charge in [-0.15, -0.1) is 0 Å². The van der Waals surface area contributed by atoms with E-state index < -0.39 is 18.2 Å². The third kappa shape index (κ3) is 2.16. The van der Waals surface area contributed by atoms with Crippen LogP contribution in [0.25, 0.3) is 0 Å². The Hall–Kier alpha value is -1.39. The van der Waals surface area contributed by atoms with Crippen molar-refractivity contribution >= 4 is 5.97 Å². The number of hydrogen-bond acceptors (Lipinski definition) is 3. The molecule has 1 heterocycles. The van der Waals surface area contributed by atoms with Crippen LogP contribution >= 0.6 is 0 Å². The number of carboxylic acids is 1. The van der Waals surface area contributed by atoms with Gasteiger partial charge in [0.1, 0.15) is 6.10 Å². The molecule has 0 aliphatic carbocycles. The first-order chi connectivity index (χ1) is 7.29. The van der Waals surface area contributed by atoms with Crippen LogP contribution in [-0.4, -0.2) is 30.4 Å². The maximum Gasteiger partial charge on any atom is 0.335 e. The Kier molecular flexibility index (Phi) is 2.99. The second-order valence-corrected chi connectivity index (χ2v) is 3.33. The molecule has 2 atom stereocenters. The summed E-state index contributed by atoms with van der Waals surface area (Å²) < 4.78 is 10.6. The minimum Gasteiger partial charge on any atom is -0.479 e. The highest BCUT2D eigenvalue weighted by Gasteiger charge is 2.33. The van der Waals surface area contributed by atoms with Gasteiger partial charge in [0, 0.05) is 0 Å². The zero-order valence-electron chi connectivity index (χ0n) is 8.13. The van der Waals surface area contributed by atoms with Gasteiger partial charge >= 0.3 is 5.97 Å². The number of aliphatic carboxylic acids is 1. The molecule has 4 heteroatoms. The van der Waals surface area contributed by atoms with Crippen molar-refractivity contribution in [2.24, 2.45) is 0 Å². The minimum atomic E-state index is -0.983. The van der Waals surface area contributed by atoms with Gasteiger partial charge in [-0.05, 0) is 5.56 Å². The average molecular weight is 208 g/mol. The van der Waals surface area contributed by atoms with Gasteiger partial charge in [0.2, 0.25) is 0 Å². The standard InChI is InChI=1S/C11H12O4/c12-11(13)10-9(14-6-7-15-10)8-4-2-1-3-5-8/h1-5,9-10H,6-7H2,(H,12,13)/t9-,10+/m1/s1. The van der Waals surface area contributed by atoms with Gasteiger partial charge in [0.25, 0.3) is 0 Å². The van der Waals surface area contributed by atoms with E-state index in [-0.39, 0.29) is 0 Å². The zero-order valence-corrected chi connectivity index (χ0v) is 8.13. The Balaban J connectivity index is 2.22. The second-order valence-electron chi connectivity index (χ2n) is 3.33. The molecule has 1 fully saturated rings. The number of carbonyl (C=O) groups is 1. The van der Waals surface area contributed by atoms with E-state index in [1.165, 1.54) is 0 Å². The van der Waals surface area contributed by atoms with Gasteiger partial charge in [-0.25, -0.2) is 4.79 Å². The Morgan fingerprint density at radius 2 is 1.87 bits per heavy atom. The second kappa shape index (κ2) is 4.42. The molecule has 1 saturated heterocycles. The van der Waals surface area contributed by atoms with Crippen LogP contribution in [0.5, 0.6) is 0 Å². The number of benzene rings is 1. The first kappa shape index (κ1) is 10.1. The van der Waals surface area contributed by atoms with E-state index in [0.29, 0.717) is 13.2 Å². The van der Waals surface area contributed by atoms with Crippen LogP contribution in [0, 0.1) is 0 Å². The van der Waals surface area contributed by atoms with Crippen molar-refractivity contribution in [2.45, 2.75) is 12.2 Å². The summed E-state index contributed by atoms with van der Waals surface area (Å²) in [6.45, 7) is 0.768. The summed E-state index contributed by atoms with van der Waals surface area (Å²) in [5.74, 6) is -0.983. The third-order valence-electron chi connectivity index (χ3n) is 2.32. The molecule has 0 aromatic heterocycles. The minimum absolute atomic E-state index is 0.334. The van der Waals surface area contributed by atoms with Crippen LogP contribution in [-0.2, 0) is 14.3 Å². The van der Waals surface area contributed by atoms with E-state index in [4.69, 9.17) is 14.6 Å². The molecule has 1 aliphatic heterocycles. The lowest BCUT2D eigenvalue weighted by molar-refractivity contribution is -0.181.